The highest BCUT2D eigenvalue weighted by Gasteiger charge is 2.33. The van der Waals surface area contributed by atoms with E-state index in [1.54, 1.807) is 0 Å². The Morgan fingerprint density at radius 3 is 2.79 bits per heavy atom. The predicted molar refractivity (Wildman–Crippen MR) is 99.6 cm³/mol. The number of aromatic nitrogens is 1. The average Bonchev–Trinajstić information content (AvgIpc) is 2.86. The lowest BCUT2D eigenvalue weighted by Crippen LogP contribution is -2.44. The van der Waals surface area contributed by atoms with Gasteiger partial charge < -0.3 is 20.4 Å². The van der Waals surface area contributed by atoms with Gasteiger partial charge in [-0.2, -0.15) is 0 Å². The molecule has 5 nitrogen and oxygen atoms in total. The molecule has 130 valence electrons. The van der Waals surface area contributed by atoms with Gasteiger partial charge in [-0.05, 0) is 31.9 Å². The number of hydrogen-bond donors (Lipinski definition) is 3. The van der Waals surface area contributed by atoms with Crippen LogP contribution >= 0.6 is 0 Å². The van der Waals surface area contributed by atoms with Crippen molar-refractivity contribution in [2.75, 3.05) is 32.8 Å². The standard InChI is InChI=1S/C19H28N4O/c1-4-20-18(22-11-19(3)12-24-13-19)21-10-9-15-14(2)23-17-8-6-5-7-16(15)17/h5-8,23H,4,9-13H2,1-3H3,(H2,20,21,22). The van der Waals surface area contributed by atoms with Crippen LogP contribution in [0.5, 0.6) is 0 Å². The molecule has 2 heterocycles. The number of ether oxygens (including phenoxy) is 1. The second-order valence-electron chi connectivity index (χ2n) is 6.95. The molecule has 1 aliphatic rings. The van der Waals surface area contributed by atoms with E-state index < -0.39 is 0 Å². The Kier molecular flexibility index (Phi) is 5.09. The molecule has 1 aromatic heterocycles. The first-order valence-corrected chi connectivity index (χ1v) is 8.77. The van der Waals surface area contributed by atoms with Gasteiger partial charge in [0.2, 0.25) is 0 Å². The van der Waals surface area contributed by atoms with E-state index in [1.807, 2.05) is 0 Å². The van der Waals surface area contributed by atoms with Crippen LogP contribution in [-0.2, 0) is 11.2 Å². The zero-order chi connectivity index (χ0) is 17.0. The summed E-state index contributed by atoms with van der Waals surface area (Å²) in [7, 11) is 0. The van der Waals surface area contributed by atoms with Crippen molar-refractivity contribution < 1.29 is 4.74 Å². The van der Waals surface area contributed by atoms with Crippen LogP contribution in [0.3, 0.4) is 0 Å². The fraction of sp³-hybridized carbons (Fsp3) is 0.526. The first-order valence-electron chi connectivity index (χ1n) is 8.77. The molecule has 5 heteroatoms. The van der Waals surface area contributed by atoms with Gasteiger partial charge in [-0.25, -0.2) is 0 Å². The fourth-order valence-electron chi connectivity index (χ4n) is 3.12. The lowest BCUT2D eigenvalue weighted by atomic mass is 9.89. The van der Waals surface area contributed by atoms with Gasteiger partial charge in [-0.15, -0.1) is 0 Å². The third-order valence-corrected chi connectivity index (χ3v) is 4.56. The molecule has 2 aromatic rings. The molecule has 0 bridgehead atoms. The Morgan fingerprint density at radius 1 is 1.29 bits per heavy atom. The monoisotopic (exact) mass is 328 g/mol. The summed E-state index contributed by atoms with van der Waals surface area (Å²) in [6.45, 7) is 10.6. The molecule has 3 rings (SSSR count). The van der Waals surface area contributed by atoms with E-state index in [0.29, 0.717) is 0 Å². The summed E-state index contributed by atoms with van der Waals surface area (Å²) in [6, 6.07) is 8.48. The van der Waals surface area contributed by atoms with Crippen molar-refractivity contribution in [3.8, 4) is 0 Å². The number of aromatic amines is 1. The van der Waals surface area contributed by atoms with Crippen molar-refractivity contribution in [2.24, 2.45) is 10.4 Å². The minimum atomic E-state index is 0.204. The average molecular weight is 328 g/mol. The second kappa shape index (κ2) is 7.26. The van der Waals surface area contributed by atoms with Crippen LogP contribution in [0.4, 0.5) is 0 Å². The Balaban J connectivity index is 1.60. The van der Waals surface area contributed by atoms with E-state index in [1.165, 1.54) is 22.2 Å². The lowest BCUT2D eigenvalue weighted by molar-refractivity contribution is -0.0945. The number of nitrogens with one attached hydrogen (secondary N) is 3. The summed E-state index contributed by atoms with van der Waals surface area (Å²) < 4.78 is 5.30. The van der Waals surface area contributed by atoms with Crippen LogP contribution in [0, 0.1) is 12.3 Å². The Morgan fingerprint density at radius 2 is 2.08 bits per heavy atom. The molecule has 1 aliphatic heterocycles. The number of para-hydroxylation sites is 1. The molecule has 0 radical (unpaired) electrons. The molecular weight excluding hydrogens is 300 g/mol. The maximum absolute atomic E-state index is 5.30. The first-order chi connectivity index (χ1) is 11.6. The normalized spacial score (nSPS) is 16.9. The van der Waals surface area contributed by atoms with Gasteiger partial charge in [-0.3, -0.25) is 4.99 Å². The summed E-state index contributed by atoms with van der Waals surface area (Å²) in [4.78, 5) is 8.18. The van der Waals surface area contributed by atoms with Gasteiger partial charge in [-0.1, -0.05) is 25.1 Å². The zero-order valence-corrected chi connectivity index (χ0v) is 14.9. The number of nitrogens with zero attached hydrogens (tertiary/aromatic N) is 1. The molecule has 1 saturated heterocycles. The quantitative estimate of drug-likeness (QED) is 0.564. The van der Waals surface area contributed by atoms with Crippen LogP contribution in [0.2, 0.25) is 0 Å². The van der Waals surface area contributed by atoms with Gasteiger partial charge in [0.25, 0.3) is 0 Å². The zero-order valence-electron chi connectivity index (χ0n) is 14.9. The minimum absolute atomic E-state index is 0.204. The van der Waals surface area contributed by atoms with Gasteiger partial charge >= 0.3 is 0 Å². The van der Waals surface area contributed by atoms with E-state index >= 15 is 0 Å². The third-order valence-electron chi connectivity index (χ3n) is 4.56. The second-order valence-corrected chi connectivity index (χ2v) is 6.95. The summed E-state index contributed by atoms with van der Waals surface area (Å²) in [5, 5.41) is 8.10. The molecule has 0 saturated carbocycles. The number of aryl methyl sites for hydroxylation is 1. The van der Waals surface area contributed by atoms with Crippen molar-refractivity contribution in [2.45, 2.75) is 27.2 Å². The van der Waals surface area contributed by atoms with E-state index in [9.17, 15) is 0 Å². The molecule has 3 N–H and O–H groups in total. The number of fused-ring (bicyclic) bond motifs is 1. The van der Waals surface area contributed by atoms with Crippen LogP contribution in [0.1, 0.15) is 25.1 Å². The smallest absolute Gasteiger partial charge is 0.191 e. The van der Waals surface area contributed by atoms with Gasteiger partial charge in [0.05, 0.1) is 19.8 Å². The predicted octanol–water partition coefficient (Wildman–Crippen LogP) is 2.61. The Hall–Kier alpha value is -2.01. The van der Waals surface area contributed by atoms with Crippen molar-refractivity contribution in [1.82, 2.24) is 15.6 Å². The van der Waals surface area contributed by atoms with E-state index in [-0.39, 0.29) is 5.41 Å². The molecule has 0 amide bonds. The van der Waals surface area contributed by atoms with Crippen LogP contribution in [-0.4, -0.2) is 43.8 Å². The summed E-state index contributed by atoms with van der Waals surface area (Å²) >= 11 is 0. The first kappa shape index (κ1) is 16.8. The van der Waals surface area contributed by atoms with Gasteiger partial charge in [0.1, 0.15) is 0 Å². The number of hydrogen-bond acceptors (Lipinski definition) is 2. The van der Waals surface area contributed by atoms with Crippen molar-refractivity contribution >= 4 is 16.9 Å². The molecular formula is C19H28N4O. The number of rotatable bonds is 6. The van der Waals surface area contributed by atoms with E-state index in [4.69, 9.17) is 9.73 Å². The van der Waals surface area contributed by atoms with E-state index in [2.05, 4.69) is 60.7 Å². The van der Waals surface area contributed by atoms with E-state index in [0.717, 1.165) is 45.2 Å². The number of benzene rings is 1. The summed E-state index contributed by atoms with van der Waals surface area (Å²) in [5.74, 6) is 0.892. The van der Waals surface area contributed by atoms with Crippen molar-refractivity contribution in [1.29, 1.82) is 0 Å². The highest BCUT2D eigenvalue weighted by molar-refractivity contribution is 5.84. The van der Waals surface area contributed by atoms with Crippen LogP contribution < -0.4 is 10.6 Å². The lowest BCUT2D eigenvalue weighted by Gasteiger charge is -2.36. The number of guanidine groups is 1. The summed E-state index contributed by atoms with van der Waals surface area (Å²) in [6.07, 6.45) is 0.973. The van der Waals surface area contributed by atoms with Gasteiger partial charge in [0, 0.05) is 35.1 Å². The molecule has 0 atom stereocenters. The largest absolute Gasteiger partial charge is 0.380 e. The van der Waals surface area contributed by atoms with Crippen molar-refractivity contribution in [3.05, 3.63) is 35.5 Å². The summed E-state index contributed by atoms with van der Waals surface area (Å²) in [5.41, 5.74) is 4.05. The maximum atomic E-state index is 5.30. The Bertz CT molecular complexity index is 715. The molecule has 1 fully saturated rings. The van der Waals surface area contributed by atoms with Crippen molar-refractivity contribution in [3.63, 3.8) is 0 Å². The maximum Gasteiger partial charge on any atom is 0.191 e. The fourth-order valence-corrected chi connectivity index (χ4v) is 3.12. The van der Waals surface area contributed by atoms with Crippen LogP contribution in [0.15, 0.2) is 29.3 Å². The molecule has 1 aromatic carbocycles. The molecule has 24 heavy (non-hydrogen) atoms. The van der Waals surface area contributed by atoms with Gasteiger partial charge in [0.15, 0.2) is 5.96 Å². The molecule has 0 unspecified atom stereocenters. The number of H-pyrrole nitrogens is 1. The Labute approximate surface area is 143 Å². The third kappa shape index (κ3) is 3.73. The SMILES string of the molecule is CCNC(=NCC1(C)COC1)NCCc1c(C)[nH]c2ccccc12. The number of aliphatic imine (C=N–C) groups is 1. The highest BCUT2D eigenvalue weighted by atomic mass is 16.5. The van der Waals surface area contributed by atoms with Crippen LogP contribution in [0.25, 0.3) is 10.9 Å². The molecule has 0 spiro atoms. The minimum Gasteiger partial charge on any atom is -0.380 e. The highest BCUT2D eigenvalue weighted by Crippen LogP contribution is 2.26. The topological polar surface area (TPSA) is 61.4 Å². The molecule has 0 aliphatic carbocycles.